The van der Waals surface area contributed by atoms with Crippen molar-refractivity contribution in [3.8, 4) is 0 Å². The van der Waals surface area contributed by atoms with E-state index in [9.17, 15) is 13.2 Å². The second kappa shape index (κ2) is 5.24. The van der Waals surface area contributed by atoms with Crippen molar-refractivity contribution in [1.82, 2.24) is 10.1 Å². The third-order valence-electron chi connectivity index (χ3n) is 3.77. The van der Waals surface area contributed by atoms with Gasteiger partial charge in [0, 0.05) is 6.08 Å². The molecule has 7 heteroatoms. The summed E-state index contributed by atoms with van der Waals surface area (Å²) < 4.78 is 43.0. The molecule has 0 bridgehead atoms. The SMILES string of the molecule is NC1(c2noc(/C=C/c3cccc(C(F)(F)F)c3)n2)CCC1. The summed E-state index contributed by atoms with van der Waals surface area (Å²) >= 11 is 0. The molecule has 1 aromatic carbocycles. The van der Waals surface area contributed by atoms with Crippen LogP contribution in [0.1, 0.15) is 42.1 Å². The number of nitrogens with two attached hydrogens (primary N) is 1. The fourth-order valence-corrected chi connectivity index (χ4v) is 2.27. The summed E-state index contributed by atoms with van der Waals surface area (Å²) in [5.74, 6) is 0.673. The van der Waals surface area contributed by atoms with Gasteiger partial charge in [-0.2, -0.15) is 18.2 Å². The predicted molar refractivity (Wildman–Crippen MR) is 74.4 cm³/mol. The minimum Gasteiger partial charge on any atom is -0.335 e. The second-order valence-corrected chi connectivity index (χ2v) is 5.42. The molecular weight excluding hydrogens is 295 g/mol. The highest BCUT2D eigenvalue weighted by molar-refractivity contribution is 5.66. The Bertz CT molecular complexity index is 702. The van der Waals surface area contributed by atoms with Crippen LogP contribution >= 0.6 is 0 Å². The molecule has 3 rings (SSSR count). The largest absolute Gasteiger partial charge is 0.416 e. The molecule has 1 aromatic heterocycles. The molecular formula is C15H14F3N3O. The lowest BCUT2D eigenvalue weighted by molar-refractivity contribution is -0.137. The van der Waals surface area contributed by atoms with E-state index in [0.29, 0.717) is 11.4 Å². The van der Waals surface area contributed by atoms with Gasteiger partial charge in [0.15, 0.2) is 5.82 Å². The van der Waals surface area contributed by atoms with E-state index >= 15 is 0 Å². The Labute approximate surface area is 124 Å². The number of halogens is 3. The molecule has 0 spiro atoms. The molecule has 116 valence electrons. The van der Waals surface area contributed by atoms with E-state index in [0.717, 1.165) is 31.4 Å². The molecule has 2 aromatic rings. The van der Waals surface area contributed by atoms with Gasteiger partial charge in [-0.15, -0.1) is 0 Å². The van der Waals surface area contributed by atoms with Crippen LogP contribution in [0.25, 0.3) is 12.2 Å². The first-order valence-electron chi connectivity index (χ1n) is 6.85. The Morgan fingerprint density at radius 2 is 2.00 bits per heavy atom. The Balaban J connectivity index is 1.77. The van der Waals surface area contributed by atoms with Gasteiger partial charge in [0.2, 0.25) is 0 Å². The highest BCUT2D eigenvalue weighted by Gasteiger charge is 2.38. The van der Waals surface area contributed by atoms with Crippen molar-refractivity contribution in [1.29, 1.82) is 0 Å². The summed E-state index contributed by atoms with van der Waals surface area (Å²) in [7, 11) is 0. The molecule has 0 aliphatic heterocycles. The maximum atomic E-state index is 12.6. The Hall–Kier alpha value is -2.15. The normalized spacial score (nSPS) is 17.6. The van der Waals surface area contributed by atoms with E-state index in [1.807, 2.05) is 0 Å². The number of hydrogen-bond donors (Lipinski definition) is 1. The van der Waals surface area contributed by atoms with E-state index in [1.54, 1.807) is 6.07 Å². The lowest BCUT2D eigenvalue weighted by Gasteiger charge is -2.34. The molecule has 2 N–H and O–H groups in total. The molecule has 0 amide bonds. The number of nitrogens with zero attached hydrogens (tertiary/aromatic N) is 2. The maximum Gasteiger partial charge on any atom is 0.416 e. The smallest absolute Gasteiger partial charge is 0.335 e. The first-order chi connectivity index (χ1) is 10.4. The summed E-state index contributed by atoms with van der Waals surface area (Å²) in [6.45, 7) is 0. The van der Waals surface area contributed by atoms with Gasteiger partial charge in [0.1, 0.15) is 0 Å². The zero-order chi connectivity index (χ0) is 15.8. The zero-order valence-corrected chi connectivity index (χ0v) is 11.6. The molecule has 4 nitrogen and oxygen atoms in total. The van der Waals surface area contributed by atoms with E-state index in [1.165, 1.54) is 18.2 Å². The van der Waals surface area contributed by atoms with Crippen molar-refractivity contribution in [2.75, 3.05) is 0 Å². The summed E-state index contributed by atoms with van der Waals surface area (Å²) in [6.07, 6.45) is 1.26. The summed E-state index contributed by atoms with van der Waals surface area (Å²) in [5.41, 5.74) is 5.26. The topological polar surface area (TPSA) is 64.9 Å². The van der Waals surface area contributed by atoms with Gasteiger partial charge in [0.05, 0.1) is 11.1 Å². The first-order valence-corrected chi connectivity index (χ1v) is 6.85. The van der Waals surface area contributed by atoms with Crippen LogP contribution in [0.2, 0.25) is 0 Å². The molecule has 0 atom stereocenters. The fraction of sp³-hybridized carbons (Fsp3) is 0.333. The van der Waals surface area contributed by atoms with E-state index < -0.39 is 17.3 Å². The van der Waals surface area contributed by atoms with Crippen molar-refractivity contribution < 1.29 is 17.7 Å². The van der Waals surface area contributed by atoms with E-state index in [2.05, 4.69) is 10.1 Å². The van der Waals surface area contributed by atoms with Crippen LogP contribution in [-0.4, -0.2) is 10.1 Å². The van der Waals surface area contributed by atoms with Gasteiger partial charge in [-0.3, -0.25) is 0 Å². The Morgan fingerprint density at radius 3 is 2.64 bits per heavy atom. The van der Waals surface area contributed by atoms with Crippen molar-refractivity contribution in [2.45, 2.75) is 31.0 Å². The van der Waals surface area contributed by atoms with Crippen LogP contribution in [0.5, 0.6) is 0 Å². The van der Waals surface area contributed by atoms with Gasteiger partial charge >= 0.3 is 6.18 Å². The molecule has 0 radical (unpaired) electrons. The quantitative estimate of drug-likeness (QED) is 0.941. The minimum absolute atomic E-state index is 0.226. The molecule has 0 saturated heterocycles. The number of benzene rings is 1. The van der Waals surface area contributed by atoms with Gasteiger partial charge in [-0.05, 0) is 43.0 Å². The summed E-state index contributed by atoms with van der Waals surface area (Å²) in [5, 5.41) is 3.84. The lowest BCUT2D eigenvalue weighted by Crippen LogP contribution is -2.44. The molecule has 22 heavy (non-hydrogen) atoms. The van der Waals surface area contributed by atoms with Crippen LogP contribution in [-0.2, 0) is 11.7 Å². The Kier molecular flexibility index (Phi) is 3.52. The number of hydrogen-bond acceptors (Lipinski definition) is 4. The van der Waals surface area contributed by atoms with Gasteiger partial charge in [-0.1, -0.05) is 17.3 Å². The number of rotatable bonds is 3. The van der Waals surface area contributed by atoms with Gasteiger partial charge in [-0.25, -0.2) is 0 Å². The van der Waals surface area contributed by atoms with Crippen molar-refractivity contribution in [3.63, 3.8) is 0 Å². The van der Waals surface area contributed by atoms with Crippen LogP contribution in [0.3, 0.4) is 0 Å². The standard InChI is InChI=1S/C15H14F3N3O/c16-15(17,18)11-4-1-3-10(9-11)5-6-12-20-13(21-22-12)14(19)7-2-8-14/h1,3-6,9H,2,7-8,19H2/b6-5+. The molecule has 1 aliphatic carbocycles. The van der Waals surface area contributed by atoms with E-state index in [-0.39, 0.29) is 5.89 Å². The van der Waals surface area contributed by atoms with Crippen LogP contribution < -0.4 is 5.73 Å². The van der Waals surface area contributed by atoms with Crippen LogP contribution in [0.15, 0.2) is 28.8 Å². The summed E-state index contributed by atoms with van der Waals surface area (Å²) in [4.78, 5) is 4.18. The van der Waals surface area contributed by atoms with Crippen molar-refractivity contribution >= 4 is 12.2 Å². The van der Waals surface area contributed by atoms with Crippen molar-refractivity contribution in [3.05, 3.63) is 47.1 Å². The first kappa shape index (κ1) is 14.8. The highest BCUT2D eigenvalue weighted by Crippen LogP contribution is 2.37. The third-order valence-corrected chi connectivity index (χ3v) is 3.77. The minimum atomic E-state index is -4.36. The van der Waals surface area contributed by atoms with Crippen LogP contribution in [0.4, 0.5) is 13.2 Å². The number of alkyl halides is 3. The molecule has 0 unspecified atom stereocenters. The predicted octanol–water partition coefficient (Wildman–Crippen LogP) is 3.60. The van der Waals surface area contributed by atoms with Crippen LogP contribution in [0, 0.1) is 0 Å². The monoisotopic (exact) mass is 309 g/mol. The molecule has 1 heterocycles. The van der Waals surface area contributed by atoms with E-state index in [4.69, 9.17) is 10.3 Å². The third kappa shape index (κ3) is 2.89. The lowest BCUT2D eigenvalue weighted by atomic mass is 9.77. The highest BCUT2D eigenvalue weighted by atomic mass is 19.4. The van der Waals surface area contributed by atoms with Gasteiger partial charge in [0.25, 0.3) is 5.89 Å². The Morgan fingerprint density at radius 1 is 1.23 bits per heavy atom. The molecule has 1 fully saturated rings. The van der Waals surface area contributed by atoms with Crippen molar-refractivity contribution in [2.24, 2.45) is 5.73 Å². The van der Waals surface area contributed by atoms with Gasteiger partial charge < -0.3 is 10.3 Å². The summed E-state index contributed by atoms with van der Waals surface area (Å²) in [6, 6.07) is 5.01. The number of aromatic nitrogens is 2. The second-order valence-electron chi connectivity index (χ2n) is 5.42. The zero-order valence-electron chi connectivity index (χ0n) is 11.6. The molecule has 1 aliphatic rings. The maximum absolute atomic E-state index is 12.6. The fourth-order valence-electron chi connectivity index (χ4n) is 2.27. The average Bonchev–Trinajstić information content (AvgIpc) is 2.91. The molecule has 1 saturated carbocycles. The average molecular weight is 309 g/mol.